The zero-order valence-electron chi connectivity index (χ0n) is 16.8. The van der Waals surface area contributed by atoms with Crippen LogP contribution in [0.4, 0.5) is 0 Å². The van der Waals surface area contributed by atoms with Gasteiger partial charge in [-0.25, -0.2) is 4.98 Å². The highest BCUT2D eigenvalue weighted by molar-refractivity contribution is 7.99. The van der Waals surface area contributed by atoms with Crippen molar-refractivity contribution in [1.82, 2.24) is 14.9 Å². The SMILES string of the molecule is C=CCn1c(SCC(=O)NCCCCC)nc2sc3c(c2c1=O)CCC(C)C3. The van der Waals surface area contributed by atoms with Gasteiger partial charge in [-0.1, -0.05) is 44.5 Å². The Balaban J connectivity index is 1.83. The number of nitrogens with zero attached hydrogens (tertiary/aromatic N) is 2. The topological polar surface area (TPSA) is 64.0 Å². The van der Waals surface area contributed by atoms with E-state index in [0.29, 0.717) is 24.2 Å². The van der Waals surface area contributed by atoms with Crippen LogP contribution in [-0.2, 0) is 24.2 Å². The number of fused-ring (bicyclic) bond motifs is 3. The first-order valence-electron chi connectivity index (χ1n) is 10.1. The number of rotatable bonds is 9. The molecule has 0 saturated carbocycles. The van der Waals surface area contributed by atoms with E-state index < -0.39 is 0 Å². The summed E-state index contributed by atoms with van der Waals surface area (Å²) in [6, 6.07) is 0. The highest BCUT2D eigenvalue weighted by atomic mass is 32.2. The highest BCUT2D eigenvalue weighted by Gasteiger charge is 2.24. The van der Waals surface area contributed by atoms with Gasteiger partial charge in [-0.15, -0.1) is 17.9 Å². The Kier molecular flexibility index (Phi) is 7.35. The molecular weight excluding hydrogens is 390 g/mol. The first-order valence-corrected chi connectivity index (χ1v) is 11.9. The maximum atomic E-state index is 13.2. The van der Waals surface area contributed by atoms with Gasteiger partial charge in [-0.2, -0.15) is 0 Å². The molecule has 1 atom stereocenters. The standard InChI is InChI=1S/C21H29N3O2S2/c1-4-6-7-10-22-17(25)13-27-21-23-19-18(20(26)24(21)11-5-2)15-9-8-14(3)12-16(15)28-19/h5,14H,2,4,6-13H2,1,3H3,(H,22,25). The van der Waals surface area contributed by atoms with Crippen LogP contribution in [0.15, 0.2) is 22.6 Å². The van der Waals surface area contributed by atoms with Crippen molar-refractivity contribution in [2.75, 3.05) is 12.3 Å². The molecule has 0 spiro atoms. The molecule has 0 saturated heterocycles. The number of aryl methyl sites for hydroxylation is 1. The summed E-state index contributed by atoms with van der Waals surface area (Å²) in [5, 5.41) is 4.33. The van der Waals surface area contributed by atoms with Gasteiger partial charge in [0, 0.05) is 18.0 Å². The molecule has 0 radical (unpaired) electrons. The van der Waals surface area contributed by atoms with Crippen molar-refractivity contribution in [3.63, 3.8) is 0 Å². The Morgan fingerprint density at radius 1 is 1.46 bits per heavy atom. The van der Waals surface area contributed by atoms with Crippen molar-refractivity contribution in [3.05, 3.63) is 33.4 Å². The number of hydrogen-bond acceptors (Lipinski definition) is 5. The summed E-state index contributed by atoms with van der Waals surface area (Å²) >= 11 is 2.98. The third kappa shape index (κ3) is 4.69. The summed E-state index contributed by atoms with van der Waals surface area (Å²) in [7, 11) is 0. The number of nitrogens with one attached hydrogen (secondary N) is 1. The molecule has 1 aliphatic rings. The summed E-state index contributed by atoms with van der Waals surface area (Å²) in [5.74, 6) is 0.907. The van der Waals surface area contributed by atoms with Crippen molar-refractivity contribution >= 4 is 39.2 Å². The van der Waals surface area contributed by atoms with Crippen molar-refractivity contribution in [1.29, 1.82) is 0 Å². The van der Waals surface area contributed by atoms with Crippen LogP contribution in [-0.4, -0.2) is 27.8 Å². The summed E-state index contributed by atoms with van der Waals surface area (Å²) in [6.07, 6.45) is 8.06. The molecule has 2 heterocycles. The number of thiophene rings is 1. The van der Waals surface area contributed by atoms with Gasteiger partial charge < -0.3 is 5.32 Å². The molecule has 0 aliphatic heterocycles. The summed E-state index contributed by atoms with van der Waals surface area (Å²) in [6.45, 7) is 9.29. The Morgan fingerprint density at radius 3 is 3.04 bits per heavy atom. The lowest BCUT2D eigenvalue weighted by Crippen LogP contribution is -2.27. The fourth-order valence-corrected chi connectivity index (χ4v) is 5.85. The van der Waals surface area contributed by atoms with E-state index in [4.69, 9.17) is 4.98 Å². The fourth-order valence-electron chi connectivity index (χ4n) is 3.59. The molecule has 2 aromatic heterocycles. The monoisotopic (exact) mass is 419 g/mol. The van der Waals surface area contributed by atoms with Crippen LogP contribution in [0.1, 0.15) is 50.0 Å². The predicted octanol–water partition coefficient (Wildman–Crippen LogP) is 4.17. The maximum Gasteiger partial charge on any atom is 0.263 e. The van der Waals surface area contributed by atoms with E-state index in [1.165, 1.54) is 22.2 Å². The molecule has 5 nitrogen and oxygen atoms in total. The van der Waals surface area contributed by atoms with E-state index in [0.717, 1.165) is 48.7 Å². The number of carbonyl (C=O) groups is 1. The molecular formula is C21H29N3O2S2. The van der Waals surface area contributed by atoms with Crippen molar-refractivity contribution in [2.45, 2.75) is 64.1 Å². The zero-order valence-corrected chi connectivity index (χ0v) is 18.4. The van der Waals surface area contributed by atoms with Crippen LogP contribution in [0.5, 0.6) is 0 Å². The smallest absolute Gasteiger partial charge is 0.263 e. The van der Waals surface area contributed by atoms with Gasteiger partial charge in [-0.3, -0.25) is 14.2 Å². The van der Waals surface area contributed by atoms with Gasteiger partial charge in [0.1, 0.15) is 4.83 Å². The van der Waals surface area contributed by atoms with E-state index in [1.807, 2.05) is 0 Å². The van der Waals surface area contributed by atoms with Crippen LogP contribution in [0.2, 0.25) is 0 Å². The molecule has 0 aromatic carbocycles. The van der Waals surface area contributed by atoms with Crippen molar-refractivity contribution in [3.8, 4) is 0 Å². The molecule has 2 aromatic rings. The molecule has 1 amide bonds. The third-order valence-corrected chi connectivity index (χ3v) is 7.25. The second-order valence-corrected chi connectivity index (χ2v) is 9.50. The summed E-state index contributed by atoms with van der Waals surface area (Å²) < 4.78 is 1.66. The summed E-state index contributed by atoms with van der Waals surface area (Å²) in [4.78, 5) is 32.2. The molecule has 3 rings (SSSR count). The minimum atomic E-state index is -0.0140. The van der Waals surface area contributed by atoms with Crippen molar-refractivity contribution in [2.24, 2.45) is 5.92 Å². The molecule has 0 bridgehead atoms. The minimum absolute atomic E-state index is 0.00260. The van der Waals surface area contributed by atoms with Crippen LogP contribution in [0.25, 0.3) is 10.2 Å². The zero-order chi connectivity index (χ0) is 20.1. The van der Waals surface area contributed by atoms with E-state index in [9.17, 15) is 9.59 Å². The van der Waals surface area contributed by atoms with Crippen LogP contribution in [0.3, 0.4) is 0 Å². The first kappa shape index (κ1) is 21.1. The molecule has 0 fully saturated rings. The molecule has 152 valence electrons. The normalized spacial score (nSPS) is 16.1. The van der Waals surface area contributed by atoms with Gasteiger partial charge in [0.2, 0.25) is 5.91 Å². The van der Waals surface area contributed by atoms with Gasteiger partial charge in [-0.05, 0) is 37.2 Å². The molecule has 7 heteroatoms. The third-order valence-electron chi connectivity index (χ3n) is 5.13. The number of amides is 1. The Labute approximate surface area is 174 Å². The fraction of sp³-hybridized carbons (Fsp3) is 0.571. The molecule has 1 unspecified atom stereocenters. The minimum Gasteiger partial charge on any atom is -0.355 e. The maximum absolute atomic E-state index is 13.2. The molecule has 28 heavy (non-hydrogen) atoms. The molecule has 1 N–H and O–H groups in total. The van der Waals surface area contributed by atoms with Crippen LogP contribution >= 0.6 is 23.1 Å². The highest BCUT2D eigenvalue weighted by Crippen LogP contribution is 2.36. The van der Waals surface area contributed by atoms with Gasteiger partial charge in [0.05, 0.1) is 11.1 Å². The number of aromatic nitrogens is 2. The largest absolute Gasteiger partial charge is 0.355 e. The van der Waals surface area contributed by atoms with Crippen LogP contribution in [0, 0.1) is 5.92 Å². The second kappa shape index (κ2) is 9.74. The molecule has 1 aliphatic carbocycles. The van der Waals surface area contributed by atoms with E-state index in [1.54, 1.807) is 22.0 Å². The lowest BCUT2D eigenvalue weighted by atomic mass is 9.89. The first-order chi connectivity index (χ1) is 13.5. The van der Waals surface area contributed by atoms with Crippen molar-refractivity contribution < 1.29 is 4.79 Å². The average molecular weight is 420 g/mol. The lowest BCUT2D eigenvalue weighted by molar-refractivity contribution is -0.118. The van der Waals surface area contributed by atoms with E-state index in [-0.39, 0.29) is 17.2 Å². The quantitative estimate of drug-likeness (QED) is 0.287. The number of allylic oxidation sites excluding steroid dienone is 1. The van der Waals surface area contributed by atoms with Gasteiger partial charge in [0.25, 0.3) is 5.56 Å². The Bertz CT molecular complexity index is 916. The number of thioether (sulfide) groups is 1. The van der Waals surface area contributed by atoms with E-state index in [2.05, 4.69) is 25.7 Å². The average Bonchev–Trinajstić information content (AvgIpc) is 3.03. The number of hydrogen-bond donors (Lipinski definition) is 1. The van der Waals surface area contributed by atoms with Gasteiger partial charge >= 0.3 is 0 Å². The van der Waals surface area contributed by atoms with Crippen LogP contribution < -0.4 is 10.9 Å². The van der Waals surface area contributed by atoms with E-state index >= 15 is 0 Å². The number of unbranched alkanes of at least 4 members (excludes halogenated alkanes) is 2. The number of carbonyl (C=O) groups excluding carboxylic acids is 1. The second-order valence-electron chi connectivity index (χ2n) is 7.48. The predicted molar refractivity (Wildman–Crippen MR) is 119 cm³/mol. The van der Waals surface area contributed by atoms with Gasteiger partial charge in [0.15, 0.2) is 5.16 Å². The Morgan fingerprint density at radius 2 is 2.29 bits per heavy atom. The lowest BCUT2D eigenvalue weighted by Gasteiger charge is -2.17. The summed E-state index contributed by atoms with van der Waals surface area (Å²) in [5.41, 5.74) is 1.20. The Hall–Kier alpha value is -1.60.